The van der Waals surface area contributed by atoms with E-state index in [-0.39, 0.29) is 6.10 Å². The smallest absolute Gasteiger partial charge is 0.0791 e. The van der Waals surface area contributed by atoms with Gasteiger partial charge in [0.15, 0.2) is 0 Å². The summed E-state index contributed by atoms with van der Waals surface area (Å²) in [5.41, 5.74) is 1.39. The van der Waals surface area contributed by atoms with E-state index in [0.717, 1.165) is 32.5 Å². The van der Waals surface area contributed by atoms with E-state index in [1.807, 2.05) is 0 Å². The Morgan fingerprint density at radius 2 is 2.00 bits per heavy atom. The summed E-state index contributed by atoms with van der Waals surface area (Å²) in [6.07, 6.45) is 6.89. The van der Waals surface area contributed by atoms with Gasteiger partial charge < -0.3 is 15.3 Å². The molecule has 2 atom stereocenters. The largest absolute Gasteiger partial charge is 0.390 e. The monoisotopic (exact) mass is 254 g/mol. The van der Waals surface area contributed by atoms with Crippen molar-refractivity contribution in [3.8, 4) is 0 Å². The minimum Gasteiger partial charge on any atom is -0.390 e. The van der Waals surface area contributed by atoms with Crippen LogP contribution in [-0.4, -0.2) is 48.3 Å². The van der Waals surface area contributed by atoms with Crippen LogP contribution in [0.15, 0.2) is 11.6 Å². The number of nitrogens with one attached hydrogen (secondary N) is 1. The Bertz CT molecular complexity index is 243. The predicted octanol–water partition coefficient (Wildman–Crippen LogP) is 2.17. The van der Waals surface area contributed by atoms with Crippen LogP contribution < -0.4 is 5.32 Å². The molecule has 0 aromatic rings. The van der Waals surface area contributed by atoms with Crippen LogP contribution in [0, 0.1) is 0 Å². The van der Waals surface area contributed by atoms with E-state index in [9.17, 15) is 5.11 Å². The zero-order chi connectivity index (χ0) is 13.4. The van der Waals surface area contributed by atoms with Crippen LogP contribution in [0.1, 0.15) is 46.5 Å². The molecular weight excluding hydrogens is 224 g/mol. The first-order chi connectivity index (χ1) is 8.58. The van der Waals surface area contributed by atoms with Gasteiger partial charge in [0.25, 0.3) is 0 Å². The van der Waals surface area contributed by atoms with Crippen LogP contribution in [0.2, 0.25) is 0 Å². The highest BCUT2D eigenvalue weighted by molar-refractivity contribution is 4.93. The van der Waals surface area contributed by atoms with Gasteiger partial charge in [-0.2, -0.15) is 0 Å². The van der Waals surface area contributed by atoms with Crippen molar-refractivity contribution >= 4 is 0 Å². The lowest BCUT2D eigenvalue weighted by molar-refractivity contribution is 0.120. The molecule has 0 aromatic carbocycles. The molecule has 1 rings (SSSR count). The number of likely N-dealkylation sites (tertiary alicyclic amines) is 1. The van der Waals surface area contributed by atoms with Gasteiger partial charge >= 0.3 is 0 Å². The Morgan fingerprint density at radius 1 is 1.33 bits per heavy atom. The van der Waals surface area contributed by atoms with Crippen molar-refractivity contribution in [2.45, 2.75) is 58.6 Å². The highest BCUT2D eigenvalue weighted by Gasteiger charge is 2.15. The zero-order valence-corrected chi connectivity index (χ0v) is 12.3. The van der Waals surface area contributed by atoms with Gasteiger partial charge in [-0.3, -0.25) is 0 Å². The topological polar surface area (TPSA) is 35.5 Å². The maximum absolute atomic E-state index is 9.96. The van der Waals surface area contributed by atoms with E-state index in [4.69, 9.17) is 0 Å². The third-order valence-electron chi connectivity index (χ3n) is 3.52. The van der Waals surface area contributed by atoms with Gasteiger partial charge in [-0.25, -0.2) is 0 Å². The Labute approximate surface area is 112 Å². The lowest BCUT2D eigenvalue weighted by atomic mass is 10.1. The van der Waals surface area contributed by atoms with E-state index in [2.05, 4.69) is 37.1 Å². The number of aliphatic hydroxyl groups is 1. The van der Waals surface area contributed by atoms with Crippen molar-refractivity contribution in [1.29, 1.82) is 0 Å². The number of allylic oxidation sites excluding steroid dienone is 2. The fraction of sp³-hybridized carbons (Fsp3) is 0.867. The van der Waals surface area contributed by atoms with Crippen molar-refractivity contribution in [2.75, 3.05) is 26.2 Å². The summed E-state index contributed by atoms with van der Waals surface area (Å²) in [5.74, 6) is 0. The van der Waals surface area contributed by atoms with Crippen LogP contribution in [0.3, 0.4) is 0 Å². The van der Waals surface area contributed by atoms with Crippen LogP contribution >= 0.6 is 0 Å². The fourth-order valence-corrected chi connectivity index (χ4v) is 2.39. The number of rotatable bonds is 8. The van der Waals surface area contributed by atoms with Gasteiger partial charge in [-0.15, -0.1) is 0 Å². The highest BCUT2D eigenvalue weighted by atomic mass is 16.3. The summed E-state index contributed by atoms with van der Waals surface area (Å²) < 4.78 is 0. The molecule has 3 nitrogen and oxygen atoms in total. The number of hydrogen-bond donors (Lipinski definition) is 2. The molecule has 0 spiro atoms. The minimum atomic E-state index is -0.228. The fourth-order valence-electron chi connectivity index (χ4n) is 2.39. The third kappa shape index (κ3) is 7.14. The SMILES string of the molecule is CC(C)=CCCC(C)NCC(O)CN1CCCC1. The first-order valence-electron chi connectivity index (χ1n) is 7.35. The molecule has 0 bridgehead atoms. The predicted molar refractivity (Wildman–Crippen MR) is 77.8 cm³/mol. The molecule has 106 valence electrons. The van der Waals surface area contributed by atoms with E-state index in [0.29, 0.717) is 12.6 Å². The van der Waals surface area contributed by atoms with Gasteiger partial charge in [0.1, 0.15) is 0 Å². The van der Waals surface area contributed by atoms with E-state index < -0.39 is 0 Å². The van der Waals surface area contributed by atoms with Crippen LogP contribution in [0.4, 0.5) is 0 Å². The molecule has 3 heteroatoms. The summed E-state index contributed by atoms with van der Waals surface area (Å²) in [6, 6.07) is 0.480. The summed E-state index contributed by atoms with van der Waals surface area (Å²) in [6.45, 7) is 10.3. The molecule has 1 saturated heterocycles. The number of β-amino-alcohol motifs (C(OH)–C–C–N with tert-alkyl or cyclic N) is 1. The molecule has 0 aromatic heterocycles. The quantitative estimate of drug-likeness (QED) is 0.652. The maximum Gasteiger partial charge on any atom is 0.0791 e. The molecule has 0 saturated carbocycles. The van der Waals surface area contributed by atoms with Crippen LogP contribution in [-0.2, 0) is 0 Å². The van der Waals surface area contributed by atoms with Gasteiger partial charge in [0.05, 0.1) is 6.10 Å². The van der Waals surface area contributed by atoms with Crippen LogP contribution in [0.5, 0.6) is 0 Å². The van der Waals surface area contributed by atoms with Crippen molar-refractivity contribution in [3.05, 3.63) is 11.6 Å². The summed E-state index contributed by atoms with van der Waals surface area (Å²) in [4.78, 5) is 2.36. The minimum absolute atomic E-state index is 0.228. The first-order valence-corrected chi connectivity index (χ1v) is 7.35. The number of nitrogens with zero attached hydrogens (tertiary/aromatic N) is 1. The van der Waals surface area contributed by atoms with Crippen LogP contribution in [0.25, 0.3) is 0 Å². The maximum atomic E-state index is 9.96. The molecule has 2 N–H and O–H groups in total. The van der Waals surface area contributed by atoms with E-state index >= 15 is 0 Å². The molecule has 18 heavy (non-hydrogen) atoms. The van der Waals surface area contributed by atoms with Gasteiger partial charge in [-0.1, -0.05) is 11.6 Å². The van der Waals surface area contributed by atoms with Crippen molar-refractivity contribution < 1.29 is 5.11 Å². The molecule has 0 aliphatic carbocycles. The number of hydrogen-bond acceptors (Lipinski definition) is 3. The second kappa shape index (κ2) is 8.68. The van der Waals surface area contributed by atoms with Gasteiger partial charge in [0, 0.05) is 19.1 Å². The molecule has 0 radical (unpaired) electrons. The Kier molecular flexibility index (Phi) is 7.56. The van der Waals surface area contributed by atoms with Gasteiger partial charge in [-0.05, 0) is 59.5 Å². The zero-order valence-electron chi connectivity index (χ0n) is 12.3. The Hall–Kier alpha value is -0.380. The molecule has 0 amide bonds. The Balaban J connectivity index is 2.05. The summed E-state index contributed by atoms with van der Waals surface area (Å²) >= 11 is 0. The average molecular weight is 254 g/mol. The second-order valence-corrected chi connectivity index (χ2v) is 5.83. The number of aliphatic hydroxyl groups excluding tert-OH is 1. The lowest BCUT2D eigenvalue weighted by Gasteiger charge is -2.21. The molecule has 1 fully saturated rings. The van der Waals surface area contributed by atoms with Crippen molar-refractivity contribution in [2.24, 2.45) is 0 Å². The average Bonchev–Trinajstić information content (AvgIpc) is 2.78. The normalized spacial score (nSPS) is 19.8. The molecular formula is C15H30N2O. The summed E-state index contributed by atoms with van der Waals surface area (Å²) in [5, 5.41) is 13.4. The van der Waals surface area contributed by atoms with E-state index in [1.54, 1.807) is 0 Å². The molecule has 1 aliphatic rings. The second-order valence-electron chi connectivity index (χ2n) is 5.83. The van der Waals surface area contributed by atoms with E-state index in [1.165, 1.54) is 18.4 Å². The molecule has 1 aliphatic heterocycles. The third-order valence-corrected chi connectivity index (χ3v) is 3.52. The lowest BCUT2D eigenvalue weighted by Crippen LogP contribution is -2.40. The van der Waals surface area contributed by atoms with Crippen molar-refractivity contribution in [1.82, 2.24) is 10.2 Å². The first kappa shape index (κ1) is 15.7. The van der Waals surface area contributed by atoms with Crippen molar-refractivity contribution in [3.63, 3.8) is 0 Å². The molecule has 2 unspecified atom stereocenters. The standard InChI is InChI=1S/C15H30N2O/c1-13(2)7-6-8-14(3)16-11-15(18)12-17-9-4-5-10-17/h7,14-16,18H,4-6,8-12H2,1-3H3. The Morgan fingerprint density at radius 3 is 2.61 bits per heavy atom. The van der Waals surface area contributed by atoms with Gasteiger partial charge in [0.2, 0.25) is 0 Å². The molecule has 1 heterocycles. The highest BCUT2D eigenvalue weighted by Crippen LogP contribution is 2.07. The summed E-state index contributed by atoms with van der Waals surface area (Å²) in [7, 11) is 0.